The highest BCUT2D eigenvalue weighted by Gasteiger charge is 2.23. The zero-order valence-corrected chi connectivity index (χ0v) is 14.9. The molecule has 0 saturated heterocycles. The molecule has 0 aliphatic carbocycles. The van der Waals surface area contributed by atoms with Crippen molar-refractivity contribution in [2.75, 3.05) is 11.9 Å². The number of hydrogen-bond acceptors (Lipinski definition) is 3. The fraction of sp³-hybridized carbons (Fsp3) is 0.381. The molecule has 2 aromatic rings. The van der Waals surface area contributed by atoms with Gasteiger partial charge in [0.1, 0.15) is 0 Å². The van der Waals surface area contributed by atoms with Gasteiger partial charge in [0.05, 0.1) is 12.5 Å². The zero-order valence-electron chi connectivity index (χ0n) is 14.9. The van der Waals surface area contributed by atoms with E-state index in [1.54, 1.807) is 0 Å². The minimum absolute atomic E-state index is 0.0589. The number of amides is 1. The topological polar surface area (TPSA) is 52.6 Å². The van der Waals surface area contributed by atoms with Crippen LogP contribution in [0.3, 0.4) is 0 Å². The third-order valence-electron chi connectivity index (χ3n) is 4.51. The summed E-state index contributed by atoms with van der Waals surface area (Å²) in [5, 5.41) is 13.2. The minimum Gasteiger partial charge on any atom is -0.388 e. The van der Waals surface area contributed by atoms with E-state index in [4.69, 9.17) is 0 Å². The maximum atomic E-state index is 12.4. The molecule has 0 spiro atoms. The van der Waals surface area contributed by atoms with Crippen molar-refractivity contribution in [3.8, 4) is 0 Å². The van der Waals surface area contributed by atoms with Crippen LogP contribution in [0.2, 0.25) is 0 Å². The first-order valence-electron chi connectivity index (χ1n) is 8.89. The van der Waals surface area contributed by atoms with Crippen LogP contribution in [0.1, 0.15) is 43.1 Å². The van der Waals surface area contributed by atoms with E-state index in [0.717, 1.165) is 30.9 Å². The van der Waals surface area contributed by atoms with Gasteiger partial charge in [0.15, 0.2) is 0 Å². The molecule has 0 bridgehead atoms. The number of fused-ring (bicyclic) bond motifs is 1. The molecule has 2 aromatic carbocycles. The number of aliphatic hydroxyl groups is 1. The normalized spacial score (nSPS) is 15.2. The first kappa shape index (κ1) is 17.6. The predicted octanol–water partition coefficient (Wildman–Crippen LogP) is 3.72. The van der Waals surface area contributed by atoms with Gasteiger partial charge in [-0.15, -0.1) is 0 Å². The summed E-state index contributed by atoms with van der Waals surface area (Å²) in [4.78, 5) is 14.8. The van der Waals surface area contributed by atoms with E-state index in [2.05, 4.69) is 30.1 Å². The van der Waals surface area contributed by atoms with Gasteiger partial charge in [0, 0.05) is 25.3 Å². The number of hydrogen-bond donors (Lipinski definition) is 2. The maximum absolute atomic E-state index is 12.4. The SMILES string of the molecule is CC(C)CN1Cc2cccc(NC(=O)CC(O)c3ccccc3)c2C1. The maximum Gasteiger partial charge on any atom is 0.227 e. The number of rotatable bonds is 6. The molecule has 1 heterocycles. The second-order valence-electron chi connectivity index (χ2n) is 7.19. The van der Waals surface area contributed by atoms with Crippen LogP contribution in [0.15, 0.2) is 48.5 Å². The van der Waals surface area contributed by atoms with E-state index in [0.29, 0.717) is 5.92 Å². The minimum atomic E-state index is -0.782. The number of nitrogens with one attached hydrogen (secondary N) is 1. The van der Waals surface area contributed by atoms with Gasteiger partial charge in [-0.25, -0.2) is 0 Å². The van der Waals surface area contributed by atoms with Gasteiger partial charge in [-0.1, -0.05) is 56.3 Å². The highest BCUT2D eigenvalue weighted by molar-refractivity contribution is 5.92. The first-order chi connectivity index (χ1) is 12.0. The third kappa shape index (κ3) is 4.47. The van der Waals surface area contributed by atoms with Gasteiger partial charge < -0.3 is 10.4 Å². The second-order valence-corrected chi connectivity index (χ2v) is 7.19. The van der Waals surface area contributed by atoms with E-state index < -0.39 is 6.10 Å². The van der Waals surface area contributed by atoms with Crippen molar-refractivity contribution >= 4 is 11.6 Å². The van der Waals surface area contributed by atoms with Crippen molar-refractivity contribution in [1.29, 1.82) is 0 Å². The molecule has 4 heteroatoms. The smallest absolute Gasteiger partial charge is 0.227 e. The Morgan fingerprint density at radius 1 is 1.12 bits per heavy atom. The highest BCUT2D eigenvalue weighted by atomic mass is 16.3. The van der Waals surface area contributed by atoms with E-state index >= 15 is 0 Å². The number of nitrogens with zero attached hydrogens (tertiary/aromatic N) is 1. The molecular formula is C21H26N2O2. The lowest BCUT2D eigenvalue weighted by atomic mass is 10.1. The van der Waals surface area contributed by atoms with Crippen LogP contribution in [0.5, 0.6) is 0 Å². The average Bonchev–Trinajstić information content (AvgIpc) is 2.98. The lowest BCUT2D eigenvalue weighted by Crippen LogP contribution is -2.22. The summed E-state index contributed by atoms with van der Waals surface area (Å²) in [6.07, 6.45) is -0.723. The Hall–Kier alpha value is -2.17. The largest absolute Gasteiger partial charge is 0.388 e. The summed E-state index contributed by atoms with van der Waals surface area (Å²) < 4.78 is 0. The number of carbonyl (C=O) groups is 1. The molecule has 0 fully saturated rings. The molecule has 0 radical (unpaired) electrons. The molecule has 0 saturated carbocycles. The van der Waals surface area contributed by atoms with Gasteiger partial charge in [-0.05, 0) is 28.7 Å². The molecule has 132 valence electrons. The molecule has 1 amide bonds. The fourth-order valence-electron chi connectivity index (χ4n) is 3.42. The van der Waals surface area contributed by atoms with Crippen LogP contribution in [-0.4, -0.2) is 22.5 Å². The average molecular weight is 338 g/mol. The van der Waals surface area contributed by atoms with Gasteiger partial charge in [-0.2, -0.15) is 0 Å². The Kier molecular flexibility index (Phi) is 5.51. The summed E-state index contributed by atoms with van der Waals surface area (Å²) in [5.41, 5.74) is 4.11. The Morgan fingerprint density at radius 2 is 1.88 bits per heavy atom. The standard InChI is InChI=1S/C21H26N2O2/c1-15(2)12-23-13-17-9-6-10-19(18(17)14-23)22-21(25)11-20(24)16-7-4-3-5-8-16/h3-10,15,20,24H,11-14H2,1-2H3,(H,22,25). The summed E-state index contributed by atoms with van der Waals surface area (Å²) >= 11 is 0. The summed E-state index contributed by atoms with van der Waals surface area (Å²) in [7, 11) is 0. The molecule has 1 aliphatic heterocycles. The molecule has 4 nitrogen and oxygen atoms in total. The number of benzene rings is 2. The molecule has 1 aliphatic rings. The van der Waals surface area contributed by atoms with Crippen LogP contribution >= 0.6 is 0 Å². The van der Waals surface area contributed by atoms with Crippen LogP contribution in [0.4, 0.5) is 5.69 Å². The van der Waals surface area contributed by atoms with Gasteiger partial charge in [0.2, 0.25) is 5.91 Å². The van der Waals surface area contributed by atoms with Gasteiger partial charge in [-0.3, -0.25) is 9.69 Å². The Bertz CT molecular complexity index is 728. The highest BCUT2D eigenvalue weighted by Crippen LogP contribution is 2.30. The monoisotopic (exact) mass is 338 g/mol. The fourth-order valence-corrected chi connectivity index (χ4v) is 3.42. The van der Waals surface area contributed by atoms with Crippen molar-refractivity contribution in [2.45, 2.75) is 39.5 Å². The van der Waals surface area contributed by atoms with E-state index in [-0.39, 0.29) is 12.3 Å². The van der Waals surface area contributed by atoms with Crippen molar-refractivity contribution in [1.82, 2.24) is 4.90 Å². The van der Waals surface area contributed by atoms with Crippen LogP contribution in [0.25, 0.3) is 0 Å². The van der Waals surface area contributed by atoms with Gasteiger partial charge >= 0.3 is 0 Å². The Balaban J connectivity index is 1.64. The lowest BCUT2D eigenvalue weighted by Gasteiger charge is -2.17. The second kappa shape index (κ2) is 7.81. The molecule has 1 unspecified atom stereocenters. The quantitative estimate of drug-likeness (QED) is 0.844. The zero-order chi connectivity index (χ0) is 17.8. The molecular weight excluding hydrogens is 312 g/mol. The van der Waals surface area contributed by atoms with Crippen molar-refractivity contribution in [2.24, 2.45) is 5.92 Å². The Labute approximate surface area is 149 Å². The number of aliphatic hydroxyl groups excluding tert-OH is 1. The van der Waals surface area contributed by atoms with E-state index in [1.165, 1.54) is 11.1 Å². The predicted molar refractivity (Wildman–Crippen MR) is 100 cm³/mol. The number of anilines is 1. The van der Waals surface area contributed by atoms with Crippen LogP contribution in [-0.2, 0) is 17.9 Å². The van der Waals surface area contributed by atoms with Crippen molar-refractivity contribution < 1.29 is 9.90 Å². The van der Waals surface area contributed by atoms with Crippen molar-refractivity contribution in [3.63, 3.8) is 0 Å². The number of carbonyl (C=O) groups excluding carboxylic acids is 1. The molecule has 1 atom stereocenters. The summed E-state index contributed by atoms with van der Waals surface area (Å²) in [6.45, 7) is 7.29. The third-order valence-corrected chi connectivity index (χ3v) is 4.51. The van der Waals surface area contributed by atoms with E-state index in [1.807, 2.05) is 42.5 Å². The van der Waals surface area contributed by atoms with Gasteiger partial charge in [0.25, 0.3) is 0 Å². The Morgan fingerprint density at radius 3 is 2.60 bits per heavy atom. The molecule has 0 aromatic heterocycles. The van der Waals surface area contributed by atoms with E-state index in [9.17, 15) is 9.90 Å². The molecule has 2 N–H and O–H groups in total. The van der Waals surface area contributed by atoms with Crippen LogP contribution < -0.4 is 5.32 Å². The summed E-state index contributed by atoms with van der Waals surface area (Å²) in [5.74, 6) is 0.459. The van der Waals surface area contributed by atoms with Crippen molar-refractivity contribution in [3.05, 3.63) is 65.2 Å². The van der Waals surface area contributed by atoms with Crippen LogP contribution in [0, 0.1) is 5.92 Å². The first-order valence-corrected chi connectivity index (χ1v) is 8.89. The molecule has 25 heavy (non-hydrogen) atoms. The lowest BCUT2D eigenvalue weighted by molar-refractivity contribution is -0.118. The summed E-state index contributed by atoms with van der Waals surface area (Å²) in [6, 6.07) is 15.4. The molecule has 3 rings (SSSR count).